The van der Waals surface area contributed by atoms with Crippen LogP contribution in [0, 0.1) is 13.8 Å². The van der Waals surface area contributed by atoms with E-state index in [1.165, 1.54) is 17.8 Å². The lowest BCUT2D eigenvalue weighted by Gasteiger charge is -2.11. The summed E-state index contributed by atoms with van der Waals surface area (Å²) in [6, 6.07) is 34.9. The highest BCUT2D eigenvalue weighted by atomic mass is 32.2. The van der Waals surface area contributed by atoms with E-state index in [0.29, 0.717) is 22.8 Å². The molecule has 5 aromatic rings. The third-order valence-corrected chi connectivity index (χ3v) is 7.50. The standard InChI is InChI=1S/C36H31N3O4S/c1-24-19-25(2)21-29(20-24)37-34(40)23-44-31-16-13-28(14-17-31)38-36(42)32(39-35(41)27-11-7-4-8-12-27)22-30-15-18-33(43-30)26-9-5-3-6-10-26/h3-22H,23H2,1-2H3,(H,37,40)(H,38,42)(H,39,41). The Bertz CT molecular complexity index is 1780. The van der Waals surface area contributed by atoms with Crippen LogP contribution in [0.5, 0.6) is 0 Å². The lowest BCUT2D eigenvalue weighted by Crippen LogP contribution is -2.30. The number of amides is 3. The molecule has 0 radical (unpaired) electrons. The summed E-state index contributed by atoms with van der Waals surface area (Å²) in [5, 5.41) is 8.50. The second-order valence-electron chi connectivity index (χ2n) is 10.1. The summed E-state index contributed by atoms with van der Waals surface area (Å²) in [4.78, 5) is 39.7. The number of hydrogen-bond donors (Lipinski definition) is 3. The molecule has 0 spiro atoms. The van der Waals surface area contributed by atoms with Gasteiger partial charge in [0.1, 0.15) is 17.2 Å². The van der Waals surface area contributed by atoms with Gasteiger partial charge in [-0.2, -0.15) is 0 Å². The summed E-state index contributed by atoms with van der Waals surface area (Å²) >= 11 is 1.39. The predicted octanol–water partition coefficient (Wildman–Crippen LogP) is 7.70. The first-order valence-corrected chi connectivity index (χ1v) is 15.0. The Morgan fingerprint density at radius 1 is 0.727 bits per heavy atom. The lowest BCUT2D eigenvalue weighted by molar-refractivity contribution is -0.114. The van der Waals surface area contributed by atoms with Crippen molar-refractivity contribution in [1.82, 2.24) is 5.32 Å². The first-order valence-electron chi connectivity index (χ1n) is 14.0. The fourth-order valence-electron chi connectivity index (χ4n) is 4.50. The second-order valence-corrected chi connectivity index (χ2v) is 11.2. The molecule has 0 aliphatic heterocycles. The highest BCUT2D eigenvalue weighted by Crippen LogP contribution is 2.24. The number of aryl methyl sites for hydroxylation is 2. The van der Waals surface area contributed by atoms with Crippen molar-refractivity contribution in [1.29, 1.82) is 0 Å². The van der Waals surface area contributed by atoms with E-state index < -0.39 is 11.8 Å². The van der Waals surface area contributed by atoms with E-state index in [4.69, 9.17) is 4.42 Å². The summed E-state index contributed by atoms with van der Waals surface area (Å²) in [7, 11) is 0. The molecule has 0 atom stereocenters. The van der Waals surface area contributed by atoms with Gasteiger partial charge in [0.2, 0.25) is 5.91 Å². The van der Waals surface area contributed by atoms with E-state index in [2.05, 4.69) is 22.0 Å². The molecule has 5 rings (SSSR count). The number of rotatable bonds is 10. The van der Waals surface area contributed by atoms with Crippen molar-refractivity contribution < 1.29 is 18.8 Å². The molecule has 0 fully saturated rings. The molecule has 8 heteroatoms. The van der Waals surface area contributed by atoms with E-state index >= 15 is 0 Å². The molecule has 3 amide bonds. The second kappa shape index (κ2) is 14.2. The van der Waals surface area contributed by atoms with Gasteiger partial charge in [0.05, 0.1) is 5.75 Å². The summed E-state index contributed by atoms with van der Waals surface area (Å²) in [6.45, 7) is 3.99. The van der Waals surface area contributed by atoms with E-state index in [-0.39, 0.29) is 17.4 Å². The third kappa shape index (κ3) is 8.36. The summed E-state index contributed by atoms with van der Waals surface area (Å²) < 4.78 is 5.96. The summed E-state index contributed by atoms with van der Waals surface area (Å²) in [5.74, 6) is 0.253. The quantitative estimate of drug-likeness (QED) is 0.113. The Labute approximate surface area is 260 Å². The van der Waals surface area contributed by atoms with Crippen molar-refractivity contribution >= 4 is 46.9 Å². The van der Waals surface area contributed by atoms with Crippen LogP contribution in [0.1, 0.15) is 27.2 Å². The van der Waals surface area contributed by atoms with Crippen LogP contribution in [-0.4, -0.2) is 23.5 Å². The molecule has 0 unspecified atom stereocenters. The maximum absolute atomic E-state index is 13.4. The Balaban J connectivity index is 1.25. The SMILES string of the molecule is Cc1cc(C)cc(NC(=O)CSc2ccc(NC(=O)C(=Cc3ccc(-c4ccccc4)o3)NC(=O)c3ccccc3)cc2)c1. The molecule has 7 nitrogen and oxygen atoms in total. The number of anilines is 2. The molecule has 3 N–H and O–H groups in total. The summed E-state index contributed by atoms with van der Waals surface area (Å²) in [6.07, 6.45) is 1.50. The van der Waals surface area contributed by atoms with Gasteiger partial charge in [0.15, 0.2) is 0 Å². The number of nitrogens with one attached hydrogen (secondary N) is 3. The molecule has 4 aromatic carbocycles. The maximum Gasteiger partial charge on any atom is 0.272 e. The number of hydrogen-bond acceptors (Lipinski definition) is 5. The van der Waals surface area contributed by atoms with E-state index in [9.17, 15) is 14.4 Å². The van der Waals surface area contributed by atoms with Crippen LogP contribution >= 0.6 is 11.8 Å². The molecular weight excluding hydrogens is 570 g/mol. The highest BCUT2D eigenvalue weighted by Gasteiger charge is 2.16. The van der Waals surface area contributed by atoms with Gasteiger partial charge in [-0.05, 0) is 85.6 Å². The normalized spacial score (nSPS) is 11.1. The first kappa shape index (κ1) is 30.1. The van der Waals surface area contributed by atoms with Gasteiger partial charge < -0.3 is 20.4 Å². The number of furan rings is 1. The average molecular weight is 602 g/mol. The highest BCUT2D eigenvalue weighted by molar-refractivity contribution is 8.00. The Morgan fingerprint density at radius 2 is 1.39 bits per heavy atom. The number of benzene rings is 4. The zero-order valence-corrected chi connectivity index (χ0v) is 25.1. The fourth-order valence-corrected chi connectivity index (χ4v) is 5.20. The number of thioether (sulfide) groups is 1. The Hall–Kier alpha value is -5.34. The van der Waals surface area contributed by atoms with Crippen LogP contribution in [0.2, 0.25) is 0 Å². The minimum Gasteiger partial charge on any atom is -0.457 e. The number of carbonyl (C=O) groups excluding carboxylic acids is 3. The van der Waals surface area contributed by atoms with Crippen LogP contribution in [0.25, 0.3) is 17.4 Å². The van der Waals surface area contributed by atoms with Gasteiger partial charge >= 0.3 is 0 Å². The van der Waals surface area contributed by atoms with Crippen molar-refractivity contribution in [3.05, 3.63) is 143 Å². The molecule has 44 heavy (non-hydrogen) atoms. The van der Waals surface area contributed by atoms with Crippen LogP contribution in [0.3, 0.4) is 0 Å². The first-order chi connectivity index (χ1) is 21.3. The molecule has 220 valence electrons. The van der Waals surface area contributed by atoms with Crippen molar-refractivity contribution in [2.24, 2.45) is 0 Å². The van der Waals surface area contributed by atoms with E-state index in [1.807, 2.05) is 80.6 Å². The smallest absolute Gasteiger partial charge is 0.272 e. The van der Waals surface area contributed by atoms with Gasteiger partial charge in [0, 0.05) is 33.5 Å². The van der Waals surface area contributed by atoms with Crippen molar-refractivity contribution in [3.63, 3.8) is 0 Å². The third-order valence-electron chi connectivity index (χ3n) is 6.49. The molecule has 1 heterocycles. The van der Waals surface area contributed by atoms with E-state index in [1.54, 1.807) is 42.5 Å². The maximum atomic E-state index is 13.4. The zero-order valence-electron chi connectivity index (χ0n) is 24.3. The van der Waals surface area contributed by atoms with Crippen molar-refractivity contribution in [2.75, 3.05) is 16.4 Å². The Kier molecular flexibility index (Phi) is 9.74. The molecule has 0 bridgehead atoms. The monoisotopic (exact) mass is 601 g/mol. The average Bonchev–Trinajstić information content (AvgIpc) is 3.49. The molecule has 0 saturated heterocycles. The molecule has 0 saturated carbocycles. The van der Waals surface area contributed by atoms with Gasteiger partial charge in [0.25, 0.3) is 11.8 Å². The largest absolute Gasteiger partial charge is 0.457 e. The fraction of sp³-hybridized carbons (Fsp3) is 0.0833. The van der Waals surface area contributed by atoms with Crippen LogP contribution in [-0.2, 0) is 9.59 Å². The minimum absolute atomic E-state index is 0.0225. The van der Waals surface area contributed by atoms with E-state index in [0.717, 1.165) is 27.3 Å². The molecule has 0 aliphatic rings. The van der Waals surface area contributed by atoms with Crippen molar-refractivity contribution in [3.8, 4) is 11.3 Å². The number of carbonyl (C=O) groups is 3. The van der Waals surface area contributed by atoms with Crippen LogP contribution < -0.4 is 16.0 Å². The van der Waals surface area contributed by atoms with Crippen LogP contribution in [0.15, 0.2) is 130 Å². The minimum atomic E-state index is -0.514. The van der Waals surface area contributed by atoms with Crippen molar-refractivity contribution in [2.45, 2.75) is 18.7 Å². The van der Waals surface area contributed by atoms with Gasteiger partial charge in [-0.1, -0.05) is 54.6 Å². The van der Waals surface area contributed by atoms with Gasteiger partial charge in [-0.15, -0.1) is 11.8 Å². The summed E-state index contributed by atoms with van der Waals surface area (Å²) in [5.41, 5.74) is 4.82. The Morgan fingerprint density at radius 3 is 2.07 bits per heavy atom. The predicted molar refractivity (Wildman–Crippen MR) is 176 cm³/mol. The van der Waals surface area contributed by atoms with Gasteiger partial charge in [-0.25, -0.2) is 0 Å². The van der Waals surface area contributed by atoms with Crippen LogP contribution in [0.4, 0.5) is 11.4 Å². The molecular formula is C36H31N3O4S. The topological polar surface area (TPSA) is 100 Å². The van der Waals surface area contributed by atoms with Gasteiger partial charge in [-0.3, -0.25) is 14.4 Å². The molecule has 1 aromatic heterocycles. The lowest BCUT2D eigenvalue weighted by atomic mass is 10.1. The zero-order chi connectivity index (χ0) is 30.9. The molecule has 0 aliphatic carbocycles.